The molecule has 0 aromatic carbocycles. The second kappa shape index (κ2) is 7.01. The summed E-state index contributed by atoms with van der Waals surface area (Å²) in [5.41, 5.74) is 3.61. The first-order valence-corrected chi connectivity index (χ1v) is 7.14. The molecular formula is C13H16INS. The van der Waals surface area contributed by atoms with Crippen molar-refractivity contribution in [3.8, 4) is 0 Å². The van der Waals surface area contributed by atoms with E-state index < -0.39 is 0 Å². The standard InChI is InChI=1S/C13H16INS/c1-4-5-10(2)15-11(3)6-7-12-8-13(14)16-9-12/h4-5,8-9H,1,6-7H2,2-3H3/b10-5-,15-11?. The second-order valence-corrected chi connectivity index (χ2v) is 6.46. The van der Waals surface area contributed by atoms with Crippen LogP contribution in [0, 0.1) is 2.88 Å². The van der Waals surface area contributed by atoms with Gasteiger partial charge in [-0.15, -0.1) is 11.3 Å². The summed E-state index contributed by atoms with van der Waals surface area (Å²) < 4.78 is 1.35. The van der Waals surface area contributed by atoms with E-state index in [0.29, 0.717) is 0 Å². The third kappa shape index (κ3) is 5.07. The first-order chi connectivity index (χ1) is 7.61. The van der Waals surface area contributed by atoms with Crippen LogP contribution in [0.4, 0.5) is 0 Å². The molecular weight excluding hydrogens is 329 g/mol. The maximum atomic E-state index is 4.50. The molecule has 1 rings (SSSR count). The van der Waals surface area contributed by atoms with Crippen LogP contribution in [0.15, 0.2) is 40.9 Å². The number of halogens is 1. The molecule has 0 amide bonds. The van der Waals surface area contributed by atoms with Gasteiger partial charge in [-0.05, 0) is 72.4 Å². The second-order valence-electron chi connectivity index (χ2n) is 3.65. The minimum Gasteiger partial charge on any atom is -0.263 e. The SMILES string of the molecule is C=C/C=C(/C)N=C(C)CCc1csc(I)c1. The zero-order valence-corrected chi connectivity index (χ0v) is 12.6. The molecule has 0 aliphatic heterocycles. The fourth-order valence-electron chi connectivity index (χ4n) is 1.37. The molecule has 0 fully saturated rings. The lowest BCUT2D eigenvalue weighted by Gasteiger charge is -1.99. The average molecular weight is 345 g/mol. The van der Waals surface area contributed by atoms with Crippen LogP contribution in [0.1, 0.15) is 25.8 Å². The van der Waals surface area contributed by atoms with Gasteiger partial charge in [0.15, 0.2) is 0 Å². The summed E-state index contributed by atoms with van der Waals surface area (Å²) in [6.07, 6.45) is 5.80. The van der Waals surface area contributed by atoms with E-state index in [1.165, 1.54) is 14.2 Å². The molecule has 0 unspecified atom stereocenters. The molecule has 86 valence electrons. The molecule has 0 saturated heterocycles. The molecule has 16 heavy (non-hydrogen) atoms. The van der Waals surface area contributed by atoms with E-state index in [1.54, 1.807) is 17.4 Å². The number of nitrogens with zero attached hydrogens (tertiary/aromatic N) is 1. The van der Waals surface area contributed by atoms with Gasteiger partial charge in [0.1, 0.15) is 0 Å². The molecule has 1 heterocycles. The fraction of sp³-hybridized carbons (Fsp3) is 0.308. The summed E-state index contributed by atoms with van der Waals surface area (Å²) in [5, 5.41) is 2.22. The molecule has 3 heteroatoms. The molecule has 0 saturated carbocycles. The van der Waals surface area contributed by atoms with E-state index >= 15 is 0 Å². The Morgan fingerprint density at radius 1 is 1.56 bits per heavy atom. The van der Waals surface area contributed by atoms with E-state index in [1.807, 2.05) is 13.0 Å². The topological polar surface area (TPSA) is 12.4 Å². The Balaban J connectivity index is 2.49. The number of allylic oxidation sites excluding steroid dienone is 3. The monoisotopic (exact) mass is 345 g/mol. The number of rotatable bonds is 5. The summed E-state index contributed by atoms with van der Waals surface area (Å²) in [6.45, 7) is 7.74. The van der Waals surface area contributed by atoms with Crippen LogP contribution in [-0.2, 0) is 6.42 Å². The van der Waals surface area contributed by atoms with Crippen LogP contribution in [-0.4, -0.2) is 5.71 Å². The van der Waals surface area contributed by atoms with Crippen molar-refractivity contribution in [3.05, 3.63) is 44.3 Å². The van der Waals surface area contributed by atoms with Gasteiger partial charge in [0.05, 0.1) is 2.88 Å². The van der Waals surface area contributed by atoms with E-state index in [-0.39, 0.29) is 0 Å². The van der Waals surface area contributed by atoms with E-state index in [2.05, 4.69) is 52.5 Å². The number of aryl methyl sites for hydroxylation is 1. The molecule has 1 aromatic rings. The smallest absolute Gasteiger partial charge is 0.0656 e. The van der Waals surface area contributed by atoms with E-state index in [4.69, 9.17) is 0 Å². The van der Waals surface area contributed by atoms with Crippen molar-refractivity contribution in [1.82, 2.24) is 0 Å². The van der Waals surface area contributed by atoms with E-state index in [9.17, 15) is 0 Å². The minimum atomic E-state index is 1.02. The lowest BCUT2D eigenvalue weighted by atomic mass is 10.1. The van der Waals surface area contributed by atoms with Crippen LogP contribution >= 0.6 is 33.9 Å². The van der Waals surface area contributed by atoms with E-state index in [0.717, 1.165) is 18.5 Å². The van der Waals surface area contributed by atoms with Crippen molar-refractivity contribution < 1.29 is 0 Å². The highest BCUT2D eigenvalue weighted by atomic mass is 127. The first kappa shape index (κ1) is 13.6. The maximum Gasteiger partial charge on any atom is 0.0656 e. The molecule has 0 spiro atoms. The number of thiophene rings is 1. The van der Waals surface area contributed by atoms with Crippen LogP contribution in [0.25, 0.3) is 0 Å². The van der Waals surface area contributed by atoms with Gasteiger partial charge >= 0.3 is 0 Å². The summed E-state index contributed by atoms with van der Waals surface area (Å²) in [7, 11) is 0. The largest absolute Gasteiger partial charge is 0.263 e. The summed E-state index contributed by atoms with van der Waals surface area (Å²) in [4.78, 5) is 4.50. The molecule has 0 bridgehead atoms. The zero-order valence-electron chi connectivity index (χ0n) is 9.66. The highest BCUT2D eigenvalue weighted by Crippen LogP contribution is 2.18. The third-order valence-electron chi connectivity index (χ3n) is 2.12. The lowest BCUT2D eigenvalue weighted by Crippen LogP contribution is -1.94. The van der Waals surface area contributed by atoms with Crippen LogP contribution in [0.3, 0.4) is 0 Å². The Bertz CT molecular complexity index is 415. The zero-order chi connectivity index (χ0) is 12.0. The highest BCUT2D eigenvalue weighted by Gasteiger charge is 1.98. The van der Waals surface area contributed by atoms with Crippen molar-refractivity contribution >= 4 is 39.6 Å². The summed E-state index contributed by atoms with van der Waals surface area (Å²) in [6, 6.07) is 2.24. The van der Waals surface area contributed by atoms with Crippen molar-refractivity contribution in [1.29, 1.82) is 0 Å². The Morgan fingerprint density at radius 3 is 2.88 bits per heavy atom. The number of aliphatic imine (C=N–C) groups is 1. The molecule has 0 atom stereocenters. The van der Waals surface area contributed by atoms with Gasteiger partial charge in [-0.3, -0.25) is 4.99 Å². The predicted octanol–water partition coefficient (Wildman–Crippen LogP) is 4.84. The van der Waals surface area contributed by atoms with Crippen LogP contribution in [0.5, 0.6) is 0 Å². The summed E-state index contributed by atoms with van der Waals surface area (Å²) >= 11 is 4.16. The van der Waals surface area contributed by atoms with Crippen LogP contribution in [0.2, 0.25) is 0 Å². The first-order valence-electron chi connectivity index (χ1n) is 5.18. The lowest BCUT2D eigenvalue weighted by molar-refractivity contribution is 1.03. The Kier molecular flexibility index (Phi) is 5.98. The van der Waals surface area contributed by atoms with Gasteiger partial charge < -0.3 is 0 Å². The molecule has 0 radical (unpaired) electrons. The molecule has 1 nitrogen and oxygen atoms in total. The van der Waals surface area contributed by atoms with Crippen LogP contribution < -0.4 is 0 Å². The number of hydrogen-bond acceptors (Lipinski definition) is 2. The fourth-order valence-corrected chi connectivity index (χ4v) is 2.82. The highest BCUT2D eigenvalue weighted by molar-refractivity contribution is 14.1. The Labute approximate surface area is 115 Å². The average Bonchev–Trinajstić information content (AvgIpc) is 2.61. The van der Waals surface area contributed by atoms with Gasteiger partial charge in [0.2, 0.25) is 0 Å². The molecule has 0 aliphatic rings. The predicted molar refractivity (Wildman–Crippen MR) is 82.4 cm³/mol. The third-order valence-corrected chi connectivity index (χ3v) is 3.96. The quantitative estimate of drug-likeness (QED) is 0.412. The molecule has 1 aromatic heterocycles. The Hall–Kier alpha value is -0.420. The summed E-state index contributed by atoms with van der Waals surface area (Å²) in [5.74, 6) is 0. The maximum absolute atomic E-state index is 4.50. The van der Waals surface area contributed by atoms with Crippen molar-refractivity contribution in [2.24, 2.45) is 4.99 Å². The molecule has 0 N–H and O–H groups in total. The Morgan fingerprint density at radius 2 is 2.31 bits per heavy atom. The minimum absolute atomic E-state index is 1.02. The van der Waals surface area contributed by atoms with Crippen molar-refractivity contribution in [2.75, 3.05) is 0 Å². The number of hydrogen-bond donors (Lipinski definition) is 0. The van der Waals surface area contributed by atoms with Gasteiger partial charge in [-0.25, -0.2) is 0 Å². The normalized spacial score (nSPS) is 12.9. The van der Waals surface area contributed by atoms with Gasteiger partial charge in [-0.1, -0.05) is 12.7 Å². The van der Waals surface area contributed by atoms with Crippen molar-refractivity contribution in [2.45, 2.75) is 26.7 Å². The van der Waals surface area contributed by atoms with Gasteiger partial charge in [0.25, 0.3) is 0 Å². The van der Waals surface area contributed by atoms with Gasteiger partial charge in [0, 0.05) is 11.4 Å². The molecule has 0 aliphatic carbocycles. The van der Waals surface area contributed by atoms with Crippen molar-refractivity contribution in [3.63, 3.8) is 0 Å². The van der Waals surface area contributed by atoms with Gasteiger partial charge in [-0.2, -0.15) is 0 Å².